The fraction of sp³-hybridized carbons (Fsp3) is 0.444. The van der Waals surface area contributed by atoms with E-state index in [1.165, 1.54) is 16.8 Å². The maximum absolute atomic E-state index is 13.1. The molecule has 1 fully saturated rings. The Bertz CT molecular complexity index is 895. The van der Waals surface area contributed by atoms with Crippen LogP contribution in [0.2, 0.25) is 0 Å². The number of H-pyrrole nitrogens is 1. The predicted octanol–water partition coefficient (Wildman–Crippen LogP) is 2.70. The van der Waals surface area contributed by atoms with Crippen LogP contribution in [0.15, 0.2) is 40.0 Å². The third-order valence-electron chi connectivity index (χ3n) is 4.91. The average molecular weight is 361 g/mol. The van der Waals surface area contributed by atoms with E-state index in [0.29, 0.717) is 21.7 Å². The highest BCUT2D eigenvalue weighted by Crippen LogP contribution is 2.29. The van der Waals surface area contributed by atoms with Gasteiger partial charge in [-0.3, -0.25) is 4.79 Å². The summed E-state index contributed by atoms with van der Waals surface area (Å²) in [7, 11) is -1.90. The number of nitrogens with zero attached hydrogens (tertiary/aromatic N) is 2. The monoisotopic (exact) mass is 361 g/mol. The summed E-state index contributed by atoms with van der Waals surface area (Å²) in [6.07, 6.45) is 5.15. The van der Waals surface area contributed by atoms with Crippen LogP contribution in [-0.2, 0) is 10.0 Å². The lowest BCUT2D eigenvalue weighted by Crippen LogP contribution is -2.38. The van der Waals surface area contributed by atoms with E-state index < -0.39 is 10.0 Å². The zero-order valence-corrected chi connectivity index (χ0v) is 15.3. The molecule has 0 atom stereocenters. The smallest absolute Gasteiger partial charge is 0.264 e. The number of benzene rings is 1. The molecule has 7 heteroatoms. The van der Waals surface area contributed by atoms with Gasteiger partial charge in [0, 0.05) is 24.7 Å². The summed E-state index contributed by atoms with van der Waals surface area (Å²) in [5.74, 6) is 0. The van der Waals surface area contributed by atoms with Gasteiger partial charge in [0.25, 0.3) is 5.56 Å². The van der Waals surface area contributed by atoms with Crippen LogP contribution in [0.4, 0.5) is 0 Å². The first-order chi connectivity index (χ1) is 11.9. The van der Waals surface area contributed by atoms with E-state index in [9.17, 15) is 13.2 Å². The molecule has 0 amide bonds. The predicted molar refractivity (Wildman–Crippen MR) is 96.9 cm³/mol. The van der Waals surface area contributed by atoms with E-state index in [4.69, 9.17) is 0 Å². The lowest BCUT2D eigenvalue weighted by atomic mass is 9.96. The third kappa shape index (κ3) is 3.67. The zero-order valence-electron chi connectivity index (χ0n) is 14.5. The van der Waals surface area contributed by atoms with Crippen molar-refractivity contribution in [3.8, 4) is 11.3 Å². The second-order valence-electron chi connectivity index (χ2n) is 6.60. The maximum atomic E-state index is 13.1. The number of hydrogen-bond acceptors (Lipinski definition) is 4. The van der Waals surface area contributed by atoms with Gasteiger partial charge in [0.2, 0.25) is 10.0 Å². The second kappa shape index (κ2) is 7.09. The minimum absolute atomic E-state index is 0.0630. The molecule has 0 spiro atoms. The largest absolute Gasteiger partial charge is 0.268 e. The highest BCUT2D eigenvalue weighted by Gasteiger charge is 2.30. The molecule has 0 bridgehead atoms. The van der Waals surface area contributed by atoms with Crippen molar-refractivity contribution in [3.63, 3.8) is 0 Å². The number of aryl methyl sites for hydroxylation is 1. The second-order valence-corrected chi connectivity index (χ2v) is 8.57. The van der Waals surface area contributed by atoms with Gasteiger partial charge in [0.15, 0.2) is 0 Å². The van der Waals surface area contributed by atoms with E-state index in [0.717, 1.165) is 25.7 Å². The van der Waals surface area contributed by atoms with Crippen molar-refractivity contribution < 1.29 is 8.42 Å². The standard InChI is InChI=1S/C18H23N3O3S/c1-13-8-9-14(16-10-11-18(22)20-19-16)12-17(13)25(23,24)21(2)15-6-4-3-5-7-15/h8-12,15H,3-7H2,1-2H3,(H,20,22). The highest BCUT2D eigenvalue weighted by molar-refractivity contribution is 7.89. The summed E-state index contributed by atoms with van der Waals surface area (Å²) in [4.78, 5) is 11.5. The van der Waals surface area contributed by atoms with Gasteiger partial charge in [-0.25, -0.2) is 13.5 Å². The molecule has 1 aliphatic carbocycles. The zero-order chi connectivity index (χ0) is 18.0. The van der Waals surface area contributed by atoms with Crippen molar-refractivity contribution in [2.45, 2.75) is 50.0 Å². The van der Waals surface area contributed by atoms with Crippen LogP contribution < -0.4 is 5.56 Å². The molecule has 0 radical (unpaired) electrons. The summed E-state index contributed by atoms with van der Waals surface area (Å²) in [5, 5.41) is 6.37. The molecule has 0 saturated heterocycles. The topological polar surface area (TPSA) is 83.1 Å². The molecule has 0 aliphatic heterocycles. The van der Waals surface area contributed by atoms with Crippen molar-refractivity contribution in [1.82, 2.24) is 14.5 Å². The normalized spacial score (nSPS) is 16.3. The molecule has 1 saturated carbocycles. The van der Waals surface area contributed by atoms with Gasteiger partial charge in [0.1, 0.15) is 0 Å². The van der Waals surface area contributed by atoms with Gasteiger partial charge in [0.05, 0.1) is 10.6 Å². The lowest BCUT2D eigenvalue weighted by molar-refractivity contribution is 0.285. The molecular weight excluding hydrogens is 338 g/mol. The quantitative estimate of drug-likeness (QED) is 0.907. The Labute approximate surface area is 147 Å². The Morgan fingerprint density at radius 2 is 1.84 bits per heavy atom. The van der Waals surface area contributed by atoms with Gasteiger partial charge in [-0.05, 0) is 37.5 Å². The van der Waals surface area contributed by atoms with Crippen LogP contribution in [0.3, 0.4) is 0 Å². The minimum atomic E-state index is -3.57. The number of aromatic nitrogens is 2. The first kappa shape index (κ1) is 17.8. The van der Waals surface area contributed by atoms with Gasteiger partial charge in [-0.2, -0.15) is 9.40 Å². The van der Waals surface area contributed by atoms with Crippen molar-refractivity contribution in [1.29, 1.82) is 0 Å². The summed E-state index contributed by atoms with van der Waals surface area (Å²) >= 11 is 0. The lowest BCUT2D eigenvalue weighted by Gasteiger charge is -2.30. The third-order valence-corrected chi connectivity index (χ3v) is 6.96. The summed E-state index contributed by atoms with van der Waals surface area (Å²) in [5.41, 5.74) is 1.62. The van der Waals surface area contributed by atoms with E-state index in [1.807, 2.05) is 6.07 Å². The van der Waals surface area contributed by atoms with Gasteiger partial charge >= 0.3 is 0 Å². The Kier molecular flexibility index (Phi) is 5.06. The van der Waals surface area contributed by atoms with Crippen LogP contribution in [0.25, 0.3) is 11.3 Å². The molecule has 134 valence electrons. The van der Waals surface area contributed by atoms with E-state index in [2.05, 4.69) is 10.2 Å². The van der Waals surface area contributed by atoms with Crippen molar-refractivity contribution >= 4 is 10.0 Å². The highest BCUT2D eigenvalue weighted by atomic mass is 32.2. The molecule has 1 N–H and O–H groups in total. The Morgan fingerprint density at radius 1 is 1.12 bits per heavy atom. The SMILES string of the molecule is Cc1ccc(-c2ccc(=O)[nH]n2)cc1S(=O)(=O)N(C)C1CCCCC1. The first-order valence-electron chi connectivity index (χ1n) is 8.54. The molecule has 25 heavy (non-hydrogen) atoms. The summed E-state index contributed by atoms with van der Waals surface area (Å²) < 4.78 is 27.8. The van der Waals surface area contributed by atoms with Crippen molar-refractivity contribution in [2.24, 2.45) is 0 Å². The first-order valence-corrected chi connectivity index (χ1v) is 9.98. The molecule has 1 aromatic heterocycles. The minimum Gasteiger partial charge on any atom is -0.268 e. The molecular formula is C18H23N3O3S. The van der Waals surface area contributed by atoms with Crippen LogP contribution in [0.1, 0.15) is 37.7 Å². The van der Waals surface area contributed by atoms with Crippen molar-refractivity contribution in [3.05, 3.63) is 46.2 Å². The number of hydrogen-bond donors (Lipinski definition) is 1. The van der Waals surface area contributed by atoms with Gasteiger partial charge in [-0.1, -0.05) is 31.4 Å². The fourth-order valence-electron chi connectivity index (χ4n) is 3.34. The summed E-state index contributed by atoms with van der Waals surface area (Å²) in [6.45, 7) is 1.80. The van der Waals surface area contributed by atoms with Crippen LogP contribution in [0.5, 0.6) is 0 Å². The Balaban J connectivity index is 1.98. The molecule has 3 rings (SSSR count). The fourth-order valence-corrected chi connectivity index (χ4v) is 5.00. The summed E-state index contributed by atoms with van der Waals surface area (Å²) in [6, 6.07) is 8.27. The van der Waals surface area contributed by atoms with Gasteiger partial charge in [-0.15, -0.1) is 0 Å². The Morgan fingerprint density at radius 3 is 2.48 bits per heavy atom. The molecule has 1 heterocycles. The van der Waals surface area contributed by atoms with Gasteiger partial charge < -0.3 is 0 Å². The van der Waals surface area contributed by atoms with Crippen LogP contribution in [0, 0.1) is 6.92 Å². The van der Waals surface area contributed by atoms with E-state index in [1.54, 1.807) is 32.2 Å². The number of sulfonamides is 1. The molecule has 0 unspecified atom stereocenters. The van der Waals surface area contributed by atoms with Crippen LogP contribution in [-0.4, -0.2) is 36.0 Å². The maximum Gasteiger partial charge on any atom is 0.264 e. The average Bonchev–Trinajstić information content (AvgIpc) is 2.63. The van der Waals surface area contributed by atoms with Crippen molar-refractivity contribution in [2.75, 3.05) is 7.05 Å². The van der Waals surface area contributed by atoms with Crippen LogP contribution >= 0.6 is 0 Å². The molecule has 6 nitrogen and oxygen atoms in total. The number of aromatic amines is 1. The Hall–Kier alpha value is -1.99. The molecule has 1 aliphatic rings. The molecule has 2 aromatic rings. The van der Waals surface area contributed by atoms with E-state index in [-0.39, 0.29) is 11.6 Å². The number of nitrogens with one attached hydrogen (secondary N) is 1. The number of rotatable bonds is 4. The van der Waals surface area contributed by atoms with E-state index >= 15 is 0 Å². The molecule has 1 aromatic carbocycles.